The maximum Gasteiger partial charge on any atom is 0.118 e. The van der Waals surface area contributed by atoms with E-state index in [9.17, 15) is 4.39 Å². The summed E-state index contributed by atoms with van der Waals surface area (Å²) in [5.74, 6) is 0. The van der Waals surface area contributed by atoms with Crippen LogP contribution < -0.4 is 10.6 Å². The van der Waals surface area contributed by atoms with E-state index in [1.165, 1.54) is 0 Å². The molecule has 4 heteroatoms. The number of nitrogens with two attached hydrogens (primary N) is 1. The summed E-state index contributed by atoms with van der Waals surface area (Å²) in [7, 11) is 0. The summed E-state index contributed by atoms with van der Waals surface area (Å²) in [6.45, 7) is 1.23. The first-order valence-corrected chi connectivity index (χ1v) is 5.39. The van der Waals surface area contributed by atoms with Crippen LogP contribution >= 0.6 is 0 Å². The maximum absolute atomic E-state index is 13.3. The minimum atomic E-state index is -0.774. The van der Waals surface area contributed by atoms with Crippen molar-refractivity contribution in [3.8, 4) is 6.07 Å². The van der Waals surface area contributed by atoms with Crippen LogP contribution in [-0.2, 0) is 0 Å². The van der Waals surface area contributed by atoms with Crippen molar-refractivity contribution in [2.75, 3.05) is 23.7 Å². The number of hydrogen-bond acceptors (Lipinski definition) is 3. The van der Waals surface area contributed by atoms with Gasteiger partial charge in [0, 0.05) is 13.1 Å². The van der Waals surface area contributed by atoms with Crippen molar-refractivity contribution in [1.82, 2.24) is 0 Å². The van der Waals surface area contributed by atoms with Crippen molar-refractivity contribution in [1.29, 1.82) is 5.26 Å². The highest BCUT2D eigenvalue weighted by atomic mass is 19.1. The fraction of sp³-hybridized carbons (Fsp3) is 0.417. The largest absolute Gasteiger partial charge is 0.397 e. The molecule has 1 heterocycles. The molecule has 0 radical (unpaired) electrons. The van der Waals surface area contributed by atoms with Crippen LogP contribution in [-0.4, -0.2) is 19.3 Å². The summed E-state index contributed by atoms with van der Waals surface area (Å²) in [5, 5.41) is 8.73. The van der Waals surface area contributed by atoms with Crippen LogP contribution in [0.1, 0.15) is 18.4 Å². The SMILES string of the molecule is N#Cc1ccc(N2CCC[C@@H](F)C2)c(N)c1. The smallest absolute Gasteiger partial charge is 0.118 e. The van der Waals surface area contributed by atoms with Gasteiger partial charge in [0.25, 0.3) is 0 Å². The molecular weight excluding hydrogens is 205 g/mol. The zero-order valence-corrected chi connectivity index (χ0v) is 8.99. The summed E-state index contributed by atoms with van der Waals surface area (Å²) in [4.78, 5) is 1.95. The van der Waals surface area contributed by atoms with Gasteiger partial charge in [-0.25, -0.2) is 4.39 Å². The minimum Gasteiger partial charge on any atom is -0.397 e. The minimum absolute atomic E-state index is 0.399. The topological polar surface area (TPSA) is 53.0 Å². The lowest BCUT2D eigenvalue weighted by atomic mass is 10.1. The van der Waals surface area contributed by atoms with Gasteiger partial charge in [-0.2, -0.15) is 5.26 Å². The molecule has 1 atom stereocenters. The maximum atomic E-state index is 13.3. The lowest BCUT2D eigenvalue weighted by Gasteiger charge is -2.31. The summed E-state index contributed by atoms with van der Waals surface area (Å²) < 4.78 is 13.3. The predicted molar refractivity (Wildman–Crippen MR) is 61.9 cm³/mol. The van der Waals surface area contributed by atoms with Gasteiger partial charge in [0.15, 0.2) is 0 Å². The number of nitrogen functional groups attached to an aromatic ring is 1. The van der Waals surface area contributed by atoms with E-state index in [-0.39, 0.29) is 0 Å². The molecule has 0 spiro atoms. The van der Waals surface area contributed by atoms with Gasteiger partial charge in [-0.05, 0) is 31.0 Å². The van der Waals surface area contributed by atoms with Gasteiger partial charge >= 0.3 is 0 Å². The molecule has 0 saturated carbocycles. The van der Waals surface area contributed by atoms with Crippen LogP contribution in [0.4, 0.5) is 15.8 Å². The number of alkyl halides is 1. The van der Waals surface area contributed by atoms with E-state index in [2.05, 4.69) is 0 Å². The Kier molecular flexibility index (Phi) is 2.95. The van der Waals surface area contributed by atoms with E-state index in [1.54, 1.807) is 18.2 Å². The highest BCUT2D eigenvalue weighted by Crippen LogP contribution is 2.27. The Morgan fingerprint density at radius 2 is 2.31 bits per heavy atom. The second-order valence-corrected chi connectivity index (χ2v) is 4.07. The fourth-order valence-electron chi connectivity index (χ4n) is 2.06. The molecule has 1 aromatic carbocycles. The number of rotatable bonds is 1. The van der Waals surface area contributed by atoms with Crippen LogP contribution in [0.3, 0.4) is 0 Å². The first-order valence-electron chi connectivity index (χ1n) is 5.39. The van der Waals surface area contributed by atoms with Gasteiger partial charge in [-0.3, -0.25) is 0 Å². The average molecular weight is 219 g/mol. The van der Waals surface area contributed by atoms with Crippen molar-refractivity contribution in [3.05, 3.63) is 23.8 Å². The summed E-state index contributed by atoms with van der Waals surface area (Å²) >= 11 is 0. The number of halogens is 1. The van der Waals surface area contributed by atoms with Gasteiger partial charge in [-0.15, -0.1) is 0 Å². The lowest BCUT2D eigenvalue weighted by Crippen LogP contribution is -2.36. The number of piperidine rings is 1. The van der Waals surface area contributed by atoms with Gasteiger partial charge in [0.2, 0.25) is 0 Å². The van der Waals surface area contributed by atoms with E-state index in [0.29, 0.717) is 24.2 Å². The zero-order chi connectivity index (χ0) is 11.5. The Bertz CT molecular complexity index is 425. The van der Waals surface area contributed by atoms with Crippen molar-refractivity contribution in [2.24, 2.45) is 0 Å². The van der Waals surface area contributed by atoms with Gasteiger partial charge in [0.05, 0.1) is 23.0 Å². The highest BCUT2D eigenvalue weighted by molar-refractivity contribution is 5.69. The number of nitrogens with zero attached hydrogens (tertiary/aromatic N) is 2. The van der Waals surface area contributed by atoms with Crippen LogP contribution in [0.15, 0.2) is 18.2 Å². The molecule has 0 aliphatic carbocycles. The monoisotopic (exact) mass is 219 g/mol. The Balaban J connectivity index is 2.23. The van der Waals surface area contributed by atoms with Crippen LogP contribution in [0.2, 0.25) is 0 Å². The quantitative estimate of drug-likeness (QED) is 0.736. The van der Waals surface area contributed by atoms with E-state index in [4.69, 9.17) is 11.0 Å². The molecule has 1 fully saturated rings. The molecule has 2 rings (SSSR count). The van der Waals surface area contributed by atoms with Crippen LogP contribution in [0.25, 0.3) is 0 Å². The van der Waals surface area contributed by atoms with E-state index < -0.39 is 6.17 Å². The third-order valence-corrected chi connectivity index (χ3v) is 2.86. The van der Waals surface area contributed by atoms with E-state index in [1.807, 2.05) is 11.0 Å². The molecule has 1 saturated heterocycles. The Morgan fingerprint density at radius 3 is 2.94 bits per heavy atom. The molecule has 0 aromatic heterocycles. The standard InChI is InChI=1S/C12H14FN3/c13-10-2-1-5-16(8-10)12-4-3-9(7-14)6-11(12)15/h3-4,6,10H,1-2,5,8,15H2/t10-/m1/s1. The molecule has 0 unspecified atom stereocenters. The number of hydrogen-bond donors (Lipinski definition) is 1. The second kappa shape index (κ2) is 4.40. The average Bonchev–Trinajstić information content (AvgIpc) is 2.28. The fourth-order valence-corrected chi connectivity index (χ4v) is 2.06. The first kappa shape index (κ1) is 10.7. The molecule has 0 bridgehead atoms. The molecule has 84 valence electrons. The molecule has 0 amide bonds. The van der Waals surface area contributed by atoms with Crippen LogP contribution in [0.5, 0.6) is 0 Å². The lowest BCUT2D eigenvalue weighted by molar-refractivity contribution is 0.287. The Hall–Kier alpha value is -1.76. The molecule has 1 aromatic rings. The van der Waals surface area contributed by atoms with Crippen molar-refractivity contribution >= 4 is 11.4 Å². The van der Waals surface area contributed by atoms with Crippen LogP contribution in [0, 0.1) is 11.3 Å². The van der Waals surface area contributed by atoms with Crippen molar-refractivity contribution < 1.29 is 4.39 Å². The number of benzene rings is 1. The van der Waals surface area contributed by atoms with E-state index >= 15 is 0 Å². The normalized spacial score (nSPS) is 20.5. The van der Waals surface area contributed by atoms with Gasteiger partial charge < -0.3 is 10.6 Å². The molecule has 1 aliphatic heterocycles. The number of nitriles is 1. The zero-order valence-electron chi connectivity index (χ0n) is 8.99. The Morgan fingerprint density at radius 1 is 1.50 bits per heavy atom. The van der Waals surface area contributed by atoms with Crippen molar-refractivity contribution in [3.63, 3.8) is 0 Å². The third-order valence-electron chi connectivity index (χ3n) is 2.86. The summed E-state index contributed by atoms with van der Waals surface area (Å²) in [6, 6.07) is 7.18. The summed E-state index contributed by atoms with van der Waals surface area (Å²) in [6.07, 6.45) is 0.705. The molecule has 1 aliphatic rings. The van der Waals surface area contributed by atoms with Gasteiger partial charge in [0.1, 0.15) is 6.17 Å². The molecular formula is C12H14FN3. The molecule has 3 nitrogen and oxygen atoms in total. The third kappa shape index (κ3) is 2.08. The highest BCUT2D eigenvalue weighted by Gasteiger charge is 2.20. The number of anilines is 2. The predicted octanol–water partition coefficient (Wildman–Crippen LogP) is 2.08. The molecule has 16 heavy (non-hydrogen) atoms. The van der Waals surface area contributed by atoms with E-state index in [0.717, 1.165) is 18.7 Å². The van der Waals surface area contributed by atoms with Crippen molar-refractivity contribution in [2.45, 2.75) is 19.0 Å². The first-order chi connectivity index (χ1) is 7.70. The summed E-state index contributed by atoms with van der Waals surface area (Å²) in [5.41, 5.74) is 7.78. The second-order valence-electron chi connectivity index (χ2n) is 4.07. The Labute approximate surface area is 94.3 Å². The molecule has 2 N–H and O–H groups in total. The van der Waals surface area contributed by atoms with Gasteiger partial charge in [-0.1, -0.05) is 0 Å².